The predicted octanol–water partition coefficient (Wildman–Crippen LogP) is 5.47. The Hall–Kier alpha value is -2.87. The number of nitrogens with one attached hydrogen (secondary N) is 2. The van der Waals surface area contributed by atoms with E-state index in [0.717, 1.165) is 12.1 Å². The molecule has 4 nitrogen and oxygen atoms in total. The summed E-state index contributed by atoms with van der Waals surface area (Å²) in [5.41, 5.74) is 0.473. The molecule has 25 heavy (non-hydrogen) atoms. The Labute approximate surface area is 145 Å². The smallest absolute Gasteiger partial charge is 0.308 e. The molecule has 0 radical (unpaired) electrons. The Morgan fingerprint density at radius 3 is 2.28 bits per heavy atom. The Balaban J connectivity index is 1.67. The Bertz CT molecular complexity index is 861. The summed E-state index contributed by atoms with van der Waals surface area (Å²) in [4.78, 5) is 16.1. The molecule has 0 saturated carbocycles. The first-order chi connectivity index (χ1) is 11.9. The number of aromatic nitrogens is 1. The minimum absolute atomic E-state index is 0.327. The second kappa shape index (κ2) is 6.94. The molecule has 2 N–H and O–H groups in total. The third kappa shape index (κ3) is 4.36. The van der Waals surface area contributed by atoms with E-state index in [-0.39, 0.29) is 0 Å². The van der Waals surface area contributed by atoms with Crippen molar-refractivity contribution in [2.75, 3.05) is 10.6 Å². The number of hydrogen-bond donors (Lipinski definition) is 2. The van der Waals surface area contributed by atoms with Crippen LogP contribution in [0.5, 0.6) is 0 Å². The number of benzene rings is 2. The highest BCUT2D eigenvalue weighted by Crippen LogP contribution is 2.32. The lowest BCUT2D eigenvalue weighted by Gasteiger charge is -2.06. The zero-order valence-electron chi connectivity index (χ0n) is 12.7. The highest BCUT2D eigenvalue weighted by Gasteiger charge is 2.30. The van der Waals surface area contributed by atoms with Crippen LogP contribution in [0.2, 0.25) is 0 Å². The summed E-state index contributed by atoms with van der Waals surface area (Å²) in [7, 11) is 0. The lowest BCUT2D eigenvalue weighted by atomic mass is 10.1. The molecule has 0 saturated heterocycles. The molecule has 0 aliphatic carbocycles. The van der Waals surface area contributed by atoms with Crippen LogP contribution in [-0.2, 0) is 6.18 Å². The van der Waals surface area contributed by atoms with Gasteiger partial charge in [0.15, 0.2) is 0 Å². The number of thiazole rings is 1. The quantitative estimate of drug-likeness (QED) is 0.648. The van der Waals surface area contributed by atoms with Gasteiger partial charge < -0.3 is 5.32 Å². The number of amides is 2. The average molecular weight is 363 g/mol. The molecule has 1 aromatic heterocycles. The van der Waals surface area contributed by atoms with E-state index in [1.165, 1.54) is 23.5 Å². The largest absolute Gasteiger partial charge is 0.416 e. The summed E-state index contributed by atoms with van der Waals surface area (Å²) in [5.74, 6) is 0.327. The van der Waals surface area contributed by atoms with Gasteiger partial charge in [-0.05, 0) is 24.3 Å². The first-order valence-electron chi connectivity index (χ1n) is 7.18. The number of alkyl halides is 3. The second-order valence-corrected chi connectivity index (χ2v) is 5.92. The molecule has 0 atom stereocenters. The van der Waals surface area contributed by atoms with Crippen molar-refractivity contribution >= 4 is 28.9 Å². The normalized spacial score (nSPS) is 11.2. The molecule has 2 amide bonds. The second-order valence-electron chi connectivity index (χ2n) is 5.06. The topological polar surface area (TPSA) is 54.0 Å². The summed E-state index contributed by atoms with van der Waals surface area (Å²) in [6.45, 7) is 0. The zero-order chi connectivity index (χ0) is 17.9. The number of rotatable bonds is 3. The first-order valence-corrected chi connectivity index (χ1v) is 8.06. The van der Waals surface area contributed by atoms with E-state index in [2.05, 4.69) is 15.6 Å². The van der Waals surface area contributed by atoms with Crippen LogP contribution < -0.4 is 10.6 Å². The molecular formula is C17H12F3N3OS. The minimum atomic E-state index is -4.37. The van der Waals surface area contributed by atoms with Gasteiger partial charge in [-0.15, -0.1) is 11.3 Å². The highest BCUT2D eigenvalue weighted by atomic mass is 32.1. The fraction of sp³-hybridized carbons (Fsp3) is 0.0588. The van der Waals surface area contributed by atoms with E-state index < -0.39 is 17.8 Å². The van der Waals surface area contributed by atoms with E-state index in [0.29, 0.717) is 22.1 Å². The van der Waals surface area contributed by atoms with Gasteiger partial charge in [-0.2, -0.15) is 13.2 Å². The van der Waals surface area contributed by atoms with Crippen LogP contribution in [0.1, 0.15) is 5.56 Å². The maximum absolute atomic E-state index is 12.6. The number of hydrogen-bond acceptors (Lipinski definition) is 3. The Kier molecular flexibility index (Phi) is 4.71. The maximum Gasteiger partial charge on any atom is 0.416 e. The molecule has 0 fully saturated rings. The van der Waals surface area contributed by atoms with Crippen molar-refractivity contribution in [1.29, 1.82) is 0 Å². The van der Waals surface area contributed by atoms with Gasteiger partial charge in [0.25, 0.3) is 0 Å². The van der Waals surface area contributed by atoms with Gasteiger partial charge >= 0.3 is 12.2 Å². The summed E-state index contributed by atoms with van der Waals surface area (Å²) in [5, 5.41) is 7.38. The number of para-hydroxylation sites is 1. The molecule has 3 rings (SSSR count). The van der Waals surface area contributed by atoms with E-state index in [4.69, 9.17) is 0 Å². The van der Waals surface area contributed by atoms with Gasteiger partial charge in [-0.3, -0.25) is 5.32 Å². The van der Waals surface area contributed by atoms with Crippen LogP contribution in [-0.4, -0.2) is 11.0 Å². The molecule has 0 spiro atoms. The van der Waals surface area contributed by atoms with Crippen molar-refractivity contribution in [1.82, 2.24) is 4.98 Å². The van der Waals surface area contributed by atoms with E-state index >= 15 is 0 Å². The fourth-order valence-electron chi connectivity index (χ4n) is 2.07. The van der Waals surface area contributed by atoms with Crippen LogP contribution >= 0.6 is 11.3 Å². The summed E-state index contributed by atoms with van der Waals surface area (Å²) >= 11 is 1.23. The fourth-order valence-corrected chi connectivity index (χ4v) is 2.82. The van der Waals surface area contributed by atoms with Crippen LogP contribution in [0.4, 0.5) is 29.5 Å². The van der Waals surface area contributed by atoms with Gasteiger partial charge in [0, 0.05) is 16.6 Å². The molecule has 3 aromatic rings. The number of carbonyl (C=O) groups excluding carboxylic acids is 1. The van der Waals surface area contributed by atoms with Gasteiger partial charge in [0.05, 0.1) is 5.56 Å². The van der Waals surface area contributed by atoms with Crippen molar-refractivity contribution < 1.29 is 18.0 Å². The number of nitrogens with zero attached hydrogens (tertiary/aromatic N) is 1. The summed E-state index contributed by atoms with van der Waals surface area (Å²) in [6, 6.07) is 13.2. The van der Waals surface area contributed by atoms with Crippen LogP contribution in [0, 0.1) is 0 Å². The molecule has 2 aromatic carbocycles. The van der Waals surface area contributed by atoms with Gasteiger partial charge in [0.1, 0.15) is 10.8 Å². The highest BCUT2D eigenvalue weighted by molar-refractivity contribution is 7.13. The van der Waals surface area contributed by atoms with Gasteiger partial charge in [-0.25, -0.2) is 9.78 Å². The summed E-state index contributed by atoms with van der Waals surface area (Å²) < 4.78 is 37.7. The maximum atomic E-state index is 12.6. The van der Waals surface area contributed by atoms with Crippen LogP contribution in [0.3, 0.4) is 0 Å². The standard InChI is InChI=1S/C17H12F3N3OS/c18-17(19,20)12-8-6-11(7-9-12)15-22-14(10-25-15)23-16(24)21-13-4-2-1-3-5-13/h1-10H,(H2,21,23,24). The van der Waals surface area contributed by atoms with Crippen molar-refractivity contribution in [2.24, 2.45) is 0 Å². The molecule has 0 aliphatic heterocycles. The van der Waals surface area contributed by atoms with E-state index in [1.54, 1.807) is 29.6 Å². The van der Waals surface area contributed by atoms with E-state index in [9.17, 15) is 18.0 Å². The molecule has 128 valence electrons. The zero-order valence-corrected chi connectivity index (χ0v) is 13.5. The number of urea groups is 1. The van der Waals surface area contributed by atoms with Gasteiger partial charge in [-0.1, -0.05) is 30.3 Å². The van der Waals surface area contributed by atoms with Crippen LogP contribution in [0.15, 0.2) is 60.0 Å². The average Bonchev–Trinajstić information content (AvgIpc) is 3.03. The number of carbonyl (C=O) groups is 1. The third-order valence-electron chi connectivity index (χ3n) is 3.24. The van der Waals surface area contributed by atoms with Crippen molar-refractivity contribution in [2.45, 2.75) is 6.18 Å². The number of anilines is 2. The van der Waals surface area contributed by atoms with Crippen molar-refractivity contribution in [3.8, 4) is 10.6 Å². The first kappa shape index (κ1) is 17.0. The molecule has 1 heterocycles. The van der Waals surface area contributed by atoms with Crippen molar-refractivity contribution in [3.63, 3.8) is 0 Å². The Morgan fingerprint density at radius 2 is 1.64 bits per heavy atom. The van der Waals surface area contributed by atoms with Crippen LogP contribution in [0.25, 0.3) is 10.6 Å². The minimum Gasteiger partial charge on any atom is -0.308 e. The van der Waals surface area contributed by atoms with E-state index in [1.807, 2.05) is 6.07 Å². The Morgan fingerprint density at radius 1 is 0.960 bits per heavy atom. The summed E-state index contributed by atoms with van der Waals surface area (Å²) in [6.07, 6.45) is -4.37. The lowest BCUT2D eigenvalue weighted by molar-refractivity contribution is -0.137. The third-order valence-corrected chi connectivity index (χ3v) is 4.13. The lowest BCUT2D eigenvalue weighted by Crippen LogP contribution is -2.19. The monoisotopic (exact) mass is 363 g/mol. The SMILES string of the molecule is O=C(Nc1ccccc1)Nc1csc(-c2ccc(C(F)(F)F)cc2)n1. The molecule has 0 aliphatic rings. The molecular weight excluding hydrogens is 351 g/mol. The predicted molar refractivity (Wildman–Crippen MR) is 91.6 cm³/mol. The molecule has 0 bridgehead atoms. The van der Waals surface area contributed by atoms with Crippen molar-refractivity contribution in [3.05, 3.63) is 65.5 Å². The number of halogens is 3. The van der Waals surface area contributed by atoms with Gasteiger partial charge in [0.2, 0.25) is 0 Å². The molecule has 8 heteroatoms. The molecule has 0 unspecified atom stereocenters.